The Bertz CT molecular complexity index is 368. The van der Waals surface area contributed by atoms with Crippen molar-refractivity contribution in [2.45, 2.75) is 71.1 Å². The van der Waals surface area contributed by atoms with Crippen molar-refractivity contribution in [1.82, 2.24) is 0 Å². The van der Waals surface area contributed by atoms with E-state index in [1.165, 1.54) is 7.11 Å². The van der Waals surface area contributed by atoms with E-state index in [1.807, 2.05) is 0 Å². The van der Waals surface area contributed by atoms with E-state index < -0.39 is 29.6 Å². The maximum Gasteiger partial charge on any atom is 0.335 e. The van der Waals surface area contributed by atoms with E-state index in [0.29, 0.717) is 0 Å². The van der Waals surface area contributed by atoms with Crippen molar-refractivity contribution < 1.29 is 28.5 Å². The van der Waals surface area contributed by atoms with Crippen LogP contribution in [-0.2, 0) is 28.5 Å². The van der Waals surface area contributed by atoms with Gasteiger partial charge in [0.1, 0.15) is 5.60 Å². The second-order valence-corrected chi connectivity index (χ2v) is 6.30. The van der Waals surface area contributed by atoms with Gasteiger partial charge in [-0.1, -0.05) is 0 Å². The molecular formula is C14H24O6. The summed E-state index contributed by atoms with van der Waals surface area (Å²) in [6, 6.07) is 0. The number of ether oxygens (including phenoxy) is 4. The summed E-state index contributed by atoms with van der Waals surface area (Å²) in [5, 5.41) is 0. The first-order valence-electron chi connectivity index (χ1n) is 6.68. The first kappa shape index (κ1) is 16.9. The first-order chi connectivity index (χ1) is 9.02. The average Bonchev–Trinajstić information content (AvgIpc) is 2.22. The van der Waals surface area contributed by atoms with Crippen molar-refractivity contribution in [2.75, 3.05) is 7.11 Å². The molecule has 1 fully saturated rings. The van der Waals surface area contributed by atoms with Crippen molar-refractivity contribution in [1.29, 1.82) is 0 Å². The molecule has 116 valence electrons. The third-order valence-electron chi connectivity index (χ3n) is 2.63. The molecule has 6 nitrogen and oxygen atoms in total. The van der Waals surface area contributed by atoms with Crippen LogP contribution in [0.1, 0.15) is 47.5 Å². The minimum Gasteiger partial charge on any atom is -0.467 e. The summed E-state index contributed by atoms with van der Waals surface area (Å²) in [7, 11) is 1.30. The van der Waals surface area contributed by atoms with E-state index in [2.05, 4.69) is 4.74 Å². The van der Waals surface area contributed by atoms with Crippen LogP contribution in [0.25, 0.3) is 0 Å². The summed E-state index contributed by atoms with van der Waals surface area (Å²) in [6.07, 6.45) is -0.804. The monoisotopic (exact) mass is 288 g/mol. The van der Waals surface area contributed by atoms with Gasteiger partial charge in [-0.25, -0.2) is 4.79 Å². The third-order valence-corrected chi connectivity index (χ3v) is 2.63. The topological polar surface area (TPSA) is 71.1 Å². The highest BCUT2D eigenvalue weighted by molar-refractivity contribution is 5.75. The molecule has 20 heavy (non-hydrogen) atoms. The molecule has 0 aliphatic carbocycles. The summed E-state index contributed by atoms with van der Waals surface area (Å²) in [6.45, 7) is 8.80. The Kier molecular flexibility index (Phi) is 5.15. The van der Waals surface area contributed by atoms with Crippen molar-refractivity contribution in [2.24, 2.45) is 0 Å². The quantitative estimate of drug-likeness (QED) is 0.737. The normalized spacial score (nSPS) is 25.9. The predicted octanol–water partition coefficient (Wildman–Crippen LogP) is 1.80. The average molecular weight is 288 g/mol. The molecule has 0 N–H and O–H groups in total. The maximum atomic E-state index is 11.8. The van der Waals surface area contributed by atoms with E-state index in [1.54, 1.807) is 34.6 Å². The zero-order valence-electron chi connectivity index (χ0n) is 13.0. The van der Waals surface area contributed by atoms with Crippen LogP contribution in [-0.4, -0.2) is 42.6 Å². The van der Waals surface area contributed by atoms with Crippen molar-refractivity contribution in [3.63, 3.8) is 0 Å². The molecule has 1 heterocycles. The lowest BCUT2D eigenvalue weighted by Gasteiger charge is -2.39. The summed E-state index contributed by atoms with van der Waals surface area (Å²) in [5.41, 5.74) is -0.542. The summed E-state index contributed by atoms with van der Waals surface area (Å²) in [4.78, 5) is 23.4. The molecule has 1 saturated heterocycles. The number of carbonyl (C=O) groups is 2. The fourth-order valence-corrected chi connectivity index (χ4v) is 2.08. The molecule has 0 saturated carbocycles. The van der Waals surface area contributed by atoms with Gasteiger partial charge in [-0.2, -0.15) is 0 Å². The minimum atomic E-state index is -0.941. The Morgan fingerprint density at radius 3 is 2.35 bits per heavy atom. The molecule has 1 aliphatic rings. The number of methoxy groups -OCH3 is 1. The molecule has 1 rings (SSSR count). The zero-order valence-corrected chi connectivity index (χ0v) is 13.0. The van der Waals surface area contributed by atoms with Crippen LogP contribution in [0.3, 0.4) is 0 Å². The largest absolute Gasteiger partial charge is 0.467 e. The van der Waals surface area contributed by atoms with E-state index in [9.17, 15) is 9.59 Å². The van der Waals surface area contributed by atoms with Gasteiger partial charge < -0.3 is 18.9 Å². The first-order valence-corrected chi connectivity index (χ1v) is 6.68. The lowest BCUT2D eigenvalue weighted by Crippen LogP contribution is -2.48. The van der Waals surface area contributed by atoms with Crippen molar-refractivity contribution >= 4 is 11.9 Å². The Morgan fingerprint density at radius 2 is 1.85 bits per heavy atom. The van der Waals surface area contributed by atoms with Crippen LogP contribution in [0.15, 0.2) is 0 Å². The number of hydrogen-bond donors (Lipinski definition) is 0. The van der Waals surface area contributed by atoms with Crippen LogP contribution in [0.2, 0.25) is 0 Å². The van der Waals surface area contributed by atoms with Crippen LogP contribution in [0.5, 0.6) is 0 Å². The highest BCUT2D eigenvalue weighted by atomic mass is 16.7. The second-order valence-electron chi connectivity index (χ2n) is 6.30. The van der Waals surface area contributed by atoms with Crippen molar-refractivity contribution in [3.05, 3.63) is 0 Å². The SMILES string of the molecule is COC(=O)[C@@H]1C[C@H](CC(=O)OC(C)(C)C)OC(C)(C)O1. The summed E-state index contributed by atoms with van der Waals surface area (Å²) in [5.74, 6) is -1.76. The van der Waals surface area contributed by atoms with Crippen molar-refractivity contribution in [3.8, 4) is 0 Å². The molecule has 0 bridgehead atoms. The van der Waals surface area contributed by atoms with Crippen LogP contribution in [0.4, 0.5) is 0 Å². The number of rotatable bonds is 3. The van der Waals surface area contributed by atoms with Gasteiger partial charge in [0.15, 0.2) is 11.9 Å². The van der Waals surface area contributed by atoms with Crippen LogP contribution < -0.4 is 0 Å². The van der Waals surface area contributed by atoms with Gasteiger partial charge in [-0.05, 0) is 34.6 Å². The molecule has 0 aromatic rings. The second kappa shape index (κ2) is 6.10. The Hall–Kier alpha value is -1.14. The van der Waals surface area contributed by atoms with Gasteiger partial charge in [0.25, 0.3) is 0 Å². The lowest BCUT2D eigenvalue weighted by atomic mass is 10.1. The number of carbonyl (C=O) groups excluding carboxylic acids is 2. The molecule has 0 aromatic heterocycles. The highest BCUT2D eigenvalue weighted by Crippen LogP contribution is 2.29. The Balaban J connectivity index is 2.65. The molecule has 0 radical (unpaired) electrons. The smallest absolute Gasteiger partial charge is 0.335 e. The van der Waals surface area contributed by atoms with Gasteiger partial charge in [0, 0.05) is 6.42 Å². The Labute approximate surface area is 119 Å². The highest BCUT2D eigenvalue weighted by Gasteiger charge is 2.40. The van der Waals surface area contributed by atoms with E-state index in [0.717, 1.165) is 0 Å². The minimum absolute atomic E-state index is 0.0809. The summed E-state index contributed by atoms with van der Waals surface area (Å²) >= 11 is 0. The molecule has 1 aliphatic heterocycles. The summed E-state index contributed by atoms with van der Waals surface area (Å²) < 4.78 is 21.1. The van der Waals surface area contributed by atoms with Gasteiger partial charge in [-0.15, -0.1) is 0 Å². The van der Waals surface area contributed by atoms with E-state index in [4.69, 9.17) is 14.2 Å². The maximum absolute atomic E-state index is 11.8. The molecule has 0 aromatic carbocycles. The molecule has 0 amide bonds. The van der Waals surface area contributed by atoms with Gasteiger partial charge in [0.2, 0.25) is 0 Å². The predicted molar refractivity (Wildman–Crippen MR) is 70.9 cm³/mol. The van der Waals surface area contributed by atoms with Gasteiger partial charge >= 0.3 is 11.9 Å². The molecule has 6 heteroatoms. The zero-order chi connectivity index (χ0) is 15.6. The Morgan fingerprint density at radius 1 is 1.25 bits per heavy atom. The standard InChI is InChI=1S/C14H24O6/c1-13(2,3)20-11(15)8-9-7-10(12(16)17-6)19-14(4,5)18-9/h9-10H,7-8H2,1-6H3/t9-,10+/m1/s1. The fraction of sp³-hybridized carbons (Fsp3) is 0.857. The van der Waals surface area contributed by atoms with E-state index in [-0.39, 0.29) is 18.8 Å². The molecule has 0 spiro atoms. The van der Waals surface area contributed by atoms with E-state index >= 15 is 0 Å². The fourth-order valence-electron chi connectivity index (χ4n) is 2.08. The third kappa shape index (κ3) is 5.46. The molecular weight excluding hydrogens is 264 g/mol. The molecule has 0 unspecified atom stereocenters. The van der Waals surface area contributed by atoms with Gasteiger partial charge in [-0.3, -0.25) is 4.79 Å². The number of hydrogen-bond acceptors (Lipinski definition) is 6. The van der Waals surface area contributed by atoms with Gasteiger partial charge in [0.05, 0.1) is 19.6 Å². The lowest BCUT2D eigenvalue weighted by molar-refractivity contribution is -0.298. The van der Waals surface area contributed by atoms with Crippen LogP contribution in [0, 0.1) is 0 Å². The molecule has 2 atom stereocenters. The van der Waals surface area contributed by atoms with Crippen LogP contribution >= 0.6 is 0 Å². The number of esters is 2.